The van der Waals surface area contributed by atoms with Gasteiger partial charge in [0.05, 0.1) is 17.5 Å². The quantitative estimate of drug-likeness (QED) is 0.521. The summed E-state index contributed by atoms with van der Waals surface area (Å²) < 4.78 is 5.69. The van der Waals surface area contributed by atoms with Crippen LogP contribution in [0.5, 0.6) is 5.75 Å². The summed E-state index contributed by atoms with van der Waals surface area (Å²) in [5, 5.41) is 4.22. The molecule has 1 unspecified atom stereocenters. The van der Waals surface area contributed by atoms with Crippen LogP contribution < -0.4 is 21.5 Å². The summed E-state index contributed by atoms with van der Waals surface area (Å²) in [6.45, 7) is 8.69. The number of hydrogen-bond donors (Lipinski definition) is 3. The van der Waals surface area contributed by atoms with Crippen molar-refractivity contribution in [1.29, 1.82) is 0 Å². The van der Waals surface area contributed by atoms with Crippen molar-refractivity contribution in [2.75, 3.05) is 44.3 Å². The van der Waals surface area contributed by atoms with Gasteiger partial charge in [0, 0.05) is 31.7 Å². The van der Waals surface area contributed by atoms with Crippen LogP contribution in [-0.2, 0) is 0 Å². The van der Waals surface area contributed by atoms with Gasteiger partial charge in [0.2, 0.25) is 0 Å². The van der Waals surface area contributed by atoms with Crippen molar-refractivity contribution in [3.05, 3.63) is 24.3 Å². The lowest BCUT2D eigenvalue weighted by molar-refractivity contribution is 0.234. The molecule has 140 valence electrons. The van der Waals surface area contributed by atoms with E-state index in [1.807, 2.05) is 31.2 Å². The monoisotopic (exact) mass is 374 g/mol. The average Bonchev–Trinajstić information content (AvgIpc) is 2.63. The summed E-state index contributed by atoms with van der Waals surface area (Å²) in [5.41, 5.74) is 13.9. The molecule has 26 heavy (non-hydrogen) atoms. The smallest absolute Gasteiger partial charge is 0.193 e. The molecule has 1 aromatic heterocycles. The van der Waals surface area contributed by atoms with Crippen molar-refractivity contribution in [2.24, 2.45) is 0 Å². The van der Waals surface area contributed by atoms with Gasteiger partial charge in [-0.1, -0.05) is 30.0 Å². The van der Waals surface area contributed by atoms with Crippen LogP contribution in [0.2, 0.25) is 0 Å². The zero-order valence-corrected chi connectivity index (χ0v) is 16.1. The summed E-state index contributed by atoms with van der Waals surface area (Å²) >= 11 is 1.58. The number of aromatic nitrogens is 2. The molecule has 1 saturated heterocycles. The van der Waals surface area contributed by atoms with Crippen molar-refractivity contribution < 1.29 is 4.74 Å². The first-order valence-electron chi connectivity index (χ1n) is 8.86. The maximum absolute atomic E-state index is 6.25. The topological polar surface area (TPSA) is 102 Å². The van der Waals surface area contributed by atoms with Crippen LogP contribution in [-0.4, -0.2) is 53.0 Å². The number of nitrogens with zero attached hydrogens (tertiary/aromatic N) is 3. The van der Waals surface area contributed by atoms with Crippen LogP contribution in [0.4, 0.5) is 11.6 Å². The van der Waals surface area contributed by atoms with Gasteiger partial charge < -0.3 is 21.5 Å². The molecule has 7 nitrogen and oxygen atoms in total. The molecule has 8 heteroatoms. The van der Waals surface area contributed by atoms with Crippen LogP contribution in [0.25, 0.3) is 11.1 Å². The molecule has 1 aliphatic heterocycles. The van der Waals surface area contributed by atoms with Gasteiger partial charge in [-0.2, -0.15) is 0 Å². The minimum atomic E-state index is 0.262. The first-order chi connectivity index (χ1) is 12.6. The van der Waals surface area contributed by atoms with Crippen LogP contribution in [0.15, 0.2) is 29.4 Å². The second kappa shape index (κ2) is 8.57. The molecule has 1 aliphatic rings. The zero-order chi connectivity index (χ0) is 18.5. The van der Waals surface area contributed by atoms with Crippen molar-refractivity contribution in [3.8, 4) is 16.9 Å². The molecule has 0 aliphatic carbocycles. The normalized spacial score (nSPS) is 16.4. The summed E-state index contributed by atoms with van der Waals surface area (Å²) in [6, 6.07) is 7.66. The Labute approximate surface area is 158 Å². The second-order valence-corrected chi connectivity index (χ2v) is 7.37. The van der Waals surface area contributed by atoms with E-state index in [1.165, 1.54) is 0 Å². The zero-order valence-electron chi connectivity index (χ0n) is 15.2. The average molecular weight is 375 g/mol. The molecule has 5 N–H and O–H groups in total. The lowest BCUT2D eigenvalue weighted by Gasteiger charge is -2.31. The molecular formula is C18H26N6OS. The third kappa shape index (κ3) is 4.20. The molecule has 0 bridgehead atoms. The first-order valence-corrected chi connectivity index (χ1v) is 9.74. The molecule has 0 radical (unpaired) electrons. The molecule has 0 amide bonds. The summed E-state index contributed by atoms with van der Waals surface area (Å²) in [6.07, 6.45) is 0. The van der Waals surface area contributed by atoms with Gasteiger partial charge >= 0.3 is 0 Å². The molecular weight excluding hydrogens is 348 g/mol. The lowest BCUT2D eigenvalue weighted by atomic mass is 10.1. The fraction of sp³-hybridized carbons (Fsp3) is 0.444. The molecule has 1 aromatic carbocycles. The van der Waals surface area contributed by atoms with E-state index in [2.05, 4.69) is 27.1 Å². The van der Waals surface area contributed by atoms with Gasteiger partial charge in [-0.05, 0) is 19.9 Å². The number of benzene rings is 1. The summed E-state index contributed by atoms with van der Waals surface area (Å²) in [4.78, 5) is 11.4. The Morgan fingerprint density at radius 3 is 2.50 bits per heavy atom. The van der Waals surface area contributed by atoms with Crippen LogP contribution in [0.1, 0.15) is 13.8 Å². The Bertz CT molecular complexity index is 727. The minimum absolute atomic E-state index is 0.262. The number of ether oxygens (including phenoxy) is 1. The van der Waals surface area contributed by atoms with Gasteiger partial charge in [-0.25, -0.2) is 9.97 Å². The van der Waals surface area contributed by atoms with E-state index >= 15 is 0 Å². The second-order valence-electron chi connectivity index (χ2n) is 6.08. The highest BCUT2D eigenvalue weighted by molar-refractivity contribution is 7.99. The fourth-order valence-corrected chi connectivity index (χ4v) is 4.00. The summed E-state index contributed by atoms with van der Waals surface area (Å²) in [7, 11) is 0. The van der Waals surface area contributed by atoms with E-state index in [0.717, 1.165) is 37.5 Å². The lowest BCUT2D eigenvalue weighted by Crippen LogP contribution is -2.46. The van der Waals surface area contributed by atoms with E-state index in [4.69, 9.17) is 16.2 Å². The van der Waals surface area contributed by atoms with E-state index in [9.17, 15) is 0 Å². The number of anilines is 2. The van der Waals surface area contributed by atoms with Crippen molar-refractivity contribution in [3.63, 3.8) is 0 Å². The Morgan fingerprint density at radius 1 is 1.19 bits per heavy atom. The first kappa shape index (κ1) is 18.8. The molecule has 2 heterocycles. The van der Waals surface area contributed by atoms with Gasteiger partial charge in [0.25, 0.3) is 0 Å². The van der Waals surface area contributed by atoms with Gasteiger partial charge in [0.15, 0.2) is 5.16 Å². The predicted molar refractivity (Wildman–Crippen MR) is 107 cm³/mol. The molecule has 0 saturated carbocycles. The molecule has 0 spiro atoms. The predicted octanol–water partition coefficient (Wildman–Crippen LogP) is 2.05. The van der Waals surface area contributed by atoms with E-state index in [-0.39, 0.29) is 5.37 Å². The van der Waals surface area contributed by atoms with E-state index in [1.54, 1.807) is 11.8 Å². The van der Waals surface area contributed by atoms with Gasteiger partial charge in [-0.15, -0.1) is 0 Å². The Kier molecular flexibility index (Phi) is 6.18. The SMILES string of the molecule is CCOc1ccccc1-c1c(N)nc(SC(C)N2CCNCC2)nc1N. The molecule has 1 fully saturated rings. The number of hydrogen-bond acceptors (Lipinski definition) is 8. The Morgan fingerprint density at radius 2 is 1.85 bits per heavy atom. The number of nitrogen functional groups attached to an aromatic ring is 2. The highest BCUT2D eigenvalue weighted by Crippen LogP contribution is 2.37. The van der Waals surface area contributed by atoms with E-state index < -0.39 is 0 Å². The highest BCUT2D eigenvalue weighted by Gasteiger charge is 2.21. The minimum Gasteiger partial charge on any atom is -0.493 e. The standard InChI is InChI=1S/C18H26N6OS/c1-3-25-14-7-5-4-6-13(14)15-16(19)22-18(23-17(15)20)26-12(2)24-10-8-21-9-11-24/h4-7,12,21H,3,8-11H2,1-2H3,(H4,19,20,22,23). The largest absolute Gasteiger partial charge is 0.493 e. The highest BCUT2D eigenvalue weighted by atomic mass is 32.2. The molecule has 1 atom stereocenters. The number of piperazine rings is 1. The molecule has 3 rings (SSSR count). The summed E-state index contributed by atoms with van der Waals surface area (Å²) in [5.74, 6) is 1.48. The van der Waals surface area contributed by atoms with E-state index in [0.29, 0.717) is 29.0 Å². The Hall–Kier alpha value is -2.03. The van der Waals surface area contributed by atoms with Gasteiger partial charge in [0.1, 0.15) is 17.4 Å². The van der Waals surface area contributed by atoms with Crippen molar-refractivity contribution >= 4 is 23.4 Å². The van der Waals surface area contributed by atoms with Crippen molar-refractivity contribution in [1.82, 2.24) is 20.2 Å². The fourth-order valence-electron chi connectivity index (χ4n) is 3.03. The maximum atomic E-state index is 6.25. The third-order valence-corrected chi connectivity index (χ3v) is 5.38. The number of nitrogens with one attached hydrogen (secondary N) is 1. The van der Waals surface area contributed by atoms with Crippen LogP contribution >= 0.6 is 11.8 Å². The van der Waals surface area contributed by atoms with Crippen molar-refractivity contribution in [2.45, 2.75) is 24.4 Å². The molecule has 2 aromatic rings. The Balaban J connectivity index is 1.85. The van der Waals surface area contributed by atoms with Crippen LogP contribution in [0.3, 0.4) is 0 Å². The third-order valence-electron chi connectivity index (χ3n) is 4.34. The number of nitrogens with two attached hydrogens (primary N) is 2. The number of rotatable bonds is 6. The van der Waals surface area contributed by atoms with Crippen LogP contribution in [0, 0.1) is 0 Å². The van der Waals surface area contributed by atoms with Gasteiger partial charge in [-0.3, -0.25) is 4.90 Å². The number of thioether (sulfide) groups is 1. The maximum Gasteiger partial charge on any atom is 0.193 e. The number of para-hydroxylation sites is 1.